The van der Waals surface area contributed by atoms with Gasteiger partial charge in [0, 0.05) is 0 Å². The molecule has 0 bridgehead atoms. The summed E-state index contributed by atoms with van der Waals surface area (Å²) in [7, 11) is 0. The molecule has 0 spiro atoms. The van der Waals surface area contributed by atoms with Crippen molar-refractivity contribution in [3.05, 3.63) is 35.4 Å². The minimum Gasteiger partial charge on any atom is -0.0801 e. The van der Waals surface area contributed by atoms with Crippen LogP contribution in [0, 0.1) is 6.92 Å². The standard InChI is InChI=1S/C13H17Br/c1-11-5-7-12(8-6-11)13(14)9-3-2-4-10-13/h5-8H,2-4,9-10H2,1H3. The number of benzene rings is 1. The van der Waals surface area contributed by atoms with Gasteiger partial charge in [-0.25, -0.2) is 0 Å². The van der Waals surface area contributed by atoms with E-state index in [2.05, 4.69) is 47.1 Å². The second kappa shape index (κ2) is 4.06. The Kier molecular flexibility index (Phi) is 2.96. The van der Waals surface area contributed by atoms with Crippen LogP contribution in [0.3, 0.4) is 0 Å². The van der Waals surface area contributed by atoms with Crippen LogP contribution in [0.4, 0.5) is 0 Å². The molecule has 0 N–H and O–H groups in total. The van der Waals surface area contributed by atoms with Crippen molar-refractivity contribution in [3.8, 4) is 0 Å². The zero-order chi connectivity index (χ0) is 10.0. The number of aryl methyl sites for hydroxylation is 1. The van der Waals surface area contributed by atoms with Gasteiger partial charge in [-0.05, 0) is 25.3 Å². The van der Waals surface area contributed by atoms with Gasteiger partial charge in [0.1, 0.15) is 0 Å². The van der Waals surface area contributed by atoms with Crippen LogP contribution in [-0.4, -0.2) is 0 Å². The lowest BCUT2D eigenvalue weighted by Gasteiger charge is -2.32. The summed E-state index contributed by atoms with van der Waals surface area (Å²) in [5, 5.41) is 0. The van der Waals surface area contributed by atoms with Gasteiger partial charge in [-0.1, -0.05) is 65.0 Å². The third kappa shape index (κ3) is 2.03. The van der Waals surface area contributed by atoms with Crippen LogP contribution in [0.1, 0.15) is 43.2 Å². The Bertz CT molecular complexity index is 294. The van der Waals surface area contributed by atoms with Gasteiger partial charge in [-0.15, -0.1) is 0 Å². The molecule has 1 heteroatoms. The molecule has 1 aromatic carbocycles. The molecule has 1 aliphatic carbocycles. The maximum absolute atomic E-state index is 3.93. The maximum atomic E-state index is 3.93. The van der Waals surface area contributed by atoms with Gasteiger partial charge in [-0.2, -0.15) is 0 Å². The molecule has 0 saturated heterocycles. The van der Waals surface area contributed by atoms with E-state index < -0.39 is 0 Å². The lowest BCUT2D eigenvalue weighted by atomic mass is 9.83. The predicted molar refractivity (Wildman–Crippen MR) is 64.9 cm³/mol. The number of halogens is 1. The number of rotatable bonds is 1. The summed E-state index contributed by atoms with van der Waals surface area (Å²) in [6, 6.07) is 8.98. The highest BCUT2D eigenvalue weighted by molar-refractivity contribution is 9.09. The lowest BCUT2D eigenvalue weighted by Crippen LogP contribution is -2.21. The Morgan fingerprint density at radius 1 is 1.00 bits per heavy atom. The van der Waals surface area contributed by atoms with E-state index in [1.807, 2.05) is 0 Å². The average molecular weight is 253 g/mol. The van der Waals surface area contributed by atoms with Crippen LogP contribution in [-0.2, 0) is 4.32 Å². The number of hydrogen-bond acceptors (Lipinski definition) is 0. The Labute approximate surface area is 94.8 Å². The first-order valence-electron chi connectivity index (χ1n) is 5.47. The monoisotopic (exact) mass is 252 g/mol. The van der Waals surface area contributed by atoms with E-state index in [4.69, 9.17) is 0 Å². The molecule has 1 aromatic rings. The van der Waals surface area contributed by atoms with E-state index in [0.29, 0.717) is 0 Å². The predicted octanol–water partition coefficient (Wildman–Crippen LogP) is 4.55. The van der Waals surface area contributed by atoms with Crippen molar-refractivity contribution in [3.63, 3.8) is 0 Å². The molecule has 0 nitrogen and oxygen atoms in total. The van der Waals surface area contributed by atoms with Crippen molar-refractivity contribution < 1.29 is 0 Å². The Morgan fingerprint density at radius 3 is 2.14 bits per heavy atom. The van der Waals surface area contributed by atoms with E-state index >= 15 is 0 Å². The molecule has 1 aliphatic rings. The summed E-state index contributed by atoms with van der Waals surface area (Å²) < 4.78 is 0.277. The molecule has 14 heavy (non-hydrogen) atoms. The van der Waals surface area contributed by atoms with Crippen molar-refractivity contribution in [1.82, 2.24) is 0 Å². The molecule has 0 unspecified atom stereocenters. The first kappa shape index (κ1) is 10.2. The minimum absolute atomic E-state index is 0.277. The van der Waals surface area contributed by atoms with Crippen molar-refractivity contribution in [1.29, 1.82) is 0 Å². The fourth-order valence-electron chi connectivity index (χ4n) is 2.25. The first-order chi connectivity index (χ1) is 6.71. The highest BCUT2D eigenvalue weighted by Crippen LogP contribution is 2.44. The molecule has 0 heterocycles. The molecule has 2 rings (SSSR count). The molecular weight excluding hydrogens is 236 g/mol. The second-order valence-electron chi connectivity index (χ2n) is 4.39. The molecule has 1 fully saturated rings. The summed E-state index contributed by atoms with van der Waals surface area (Å²) in [6.07, 6.45) is 6.70. The fraction of sp³-hybridized carbons (Fsp3) is 0.538. The lowest BCUT2D eigenvalue weighted by molar-refractivity contribution is 0.415. The van der Waals surface area contributed by atoms with Crippen LogP contribution in [0.5, 0.6) is 0 Å². The van der Waals surface area contributed by atoms with Crippen LogP contribution < -0.4 is 0 Å². The van der Waals surface area contributed by atoms with Crippen LogP contribution >= 0.6 is 15.9 Å². The average Bonchev–Trinajstić information content (AvgIpc) is 2.19. The summed E-state index contributed by atoms with van der Waals surface area (Å²) in [6.45, 7) is 2.14. The van der Waals surface area contributed by atoms with Crippen LogP contribution in [0.15, 0.2) is 24.3 Å². The smallest absolute Gasteiger partial charge is 0.0506 e. The van der Waals surface area contributed by atoms with Gasteiger partial charge < -0.3 is 0 Å². The Morgan fingerprint density at radius 2 is 1.57 bits per heavy atom. The van der Waals surface area contributed by atoms with Crippen molar-refractivity contribution >= 4 is 15.9 Å². The molecule has 1 saturated carbocycles. The molecule has 0 atom stereocenters. The highest BCUT2D eigenvalue weighted by atomic mass is 79.9. The third-order valence-corrected chi connectivity index (χ3v) is 4.47. The molecule has 0 aliphatic heterocycles. The molecule has 0 aromatic heterocycles. The number of hydrogen-bond donors (Lipinski definition) is 0. The minimum atomic E-state index is 0.277. The topological polar surface area (TPSA) is 0 Å². The van der Waals surface area contributed by atoms with E-state index in [1.54, 1.807) is 0 Å². The largest absolute Gasteiger partial charge is 0.0801 e. The molecule has 0 radical (unpaired) electrons. The Hall–Kier alpha value is -0.300. The second-order valence-corrected chi connectivity index (χ2v) is 5.91. The van der Waals surface area contributed by atoms with Crippen molar-refractivity contribution in [2.45, 2.75) is 43.4 Å². The molecule has 0 amide bonds. The van der Waals surface area contributed by atoms with Crippen LogP contribution in [0.25, 0.3) is 0 Å². The number of alkyl halides is 1. The summed E-state index contributed by atoms with van der Waals surface area (Å²) in [5.74, 6) is 0. The van der Waals surface area contributed by atoms with Crippen molar-refractivity contribution in [2.75, 3.05) is 0 Å². The van der Waals surface area contributed by atoms with E-state index in [-0.39, 0.29) is 4.32 Å². The zero-order valence-electron chi connectivity index (χ0n) is 8.72. The van der Waals surface area contributed by atoms with Gasteiger partial charge in [-0.3, -0.25) is 0 Å². The fourth-order valence-corrected chi connectivity index (χ4v) is 3.08. The SMILES string of the molecule is Cc1ccc(C2(Br)CCCCC2)cc1. The molecular formula is C13H17Br. The highest BCUT2D eigenvalue weighted by Gasteiger charge is 2.30. The van der Waals surface area contributed by atoms with E-state index in [9.17, 15) is 0 Å². The van der Waals surface area contributed by atoms with Gasteiger partial charge in [0.05, 0.1) is 4.32 Å². The van der Waals surface area contributed by atoms with Gasteiger partial charge >= 0.3 is 0 Å². The van der Waals surface area contributed by atoms with Gasteiger partial charge in [0.25, 0.3) is 0 Å². The van der Waals surface area contributed by atoms with E-state index in [0.717, 1.165) is 0 Å². The maximum Gasteiger partial charge on any atom is 0.0506 e. The van der Waals surface area contributed by atoms with Gasteiger partial charge in [0.15, 0.2) is 0 Å². The molecule has 76 valence electrons. The van der Waals surface area contributed by atoms with Crippen molar-refractivity contribution in [2.24, 2.45) is 0 Å². The quantitative estimate of drug-likeness (QED) is 0.644. The normalized spacial score (nSPS) is 20.7. The van der Waals surface area contributed by atoms with Crippen LogP contribution in [0.2, 0.25) is 0 Å². The summed E-state index contributed by atoms with van der Waals surface area (Å²) in [5.41, 5.74) is 2.81. The first-order valence-corrected chi connectivity index (χ1v) is 6.26. The van der Waals surface area contributed by atoms with Gasteiger partial charge in [0.2, 0.25) is 0 Å². The Balaban J connectivity index is 2.23. The summed E-state index contributed by atoms with van der Waals surface area (Å²) in [4.78, 5) is 0. The van der Waals surface area contributed by atoms with E-state index in [1.165, 1.54) is 43.2 Å². The third-order valence-electron chi connectivity index (χ3n) is 3.22. The summed E-state index contributed by atoms with van der Waals surface area (Å²) >= 11 is 3.93. The zero-order valence-corrected chi connectivity index (χ0v) is 10.3.